The highest BCUT2D eigenvalue weighted by molar-refractivity contribution is 5.72. The second-order valence-electron chi connectivity index (χ2n) is 5.72. The summed E-state index contributed by atoms with van der Waals surface area (Å²) in [6, 6.07) is 0. The SMILES string of the molecule is COC(=O)C(CN(C)CCC1CCC1)C(C)C. The Bertz CT molecular complexity index is 236. The van der Waals surface area contributed by atoms with Gasteiger partial charge in [-0.05, 0) is 31.8 Å². The van der Waals surface area contributed by atoms with Gasteiger partial charge in [0.1, 0.15) is 0 Å². The molecule has 1 rings (SSSR count). The predicted octanol–water partition coefficient (Wildman–Crippen LogP) is 2.55. The Morgan fingerprint density at radius 3 is 2.47 bits per heavy atom. The molecule has 0 radical (unpaired) electrons. The van der Waals surface area contributed by atoms with Crippen molar-refractivity contribution >= 4 is 5.97 Å². The Morgan fingerprint density at radius 1 is 1.41 bits per heavy atom. The molecule has 0 aliphatic heterocycles. The Kier molecular flexibility index (Phi) is 5.96. The molecule has 0 aromatic carbocycles. The summed E-state index contributed by atoms with van der Waals surface area (Å²) in [6.07, 6.45) is 5.49. The van der Waals surface area contributed by atoms with Crippen molar-refractivity contribution < 1.29 is 9.53 Å². The highest BCUT2D eigenvalue weighted by Gasteiger charge is 2.25. The molecule has 1 aliphatic rings. The zero-order valence-electron chi connectivity index (χ0n) is 11.7. The van der Waals surface area contributed by atoms with Gasteiger partial charge in [0.15, 0.2) is 0 Å². The Morgan fingerprint density at radius 2 is 2.06 bits per heavy atom. The summed E-state index contributed by atoms with van der Waals surface area (Å²) in [5, 5.41) is 0. The monoisotopic (exact) mass is 241 g/mol. The van der Waals surface area contributed by atoms with E-state index in [4.69, 9.17) is 4.74 Å². The second kappa shape index (κ2) is 7.00. The standard InChI is InChI=1S/C14H27NO2/c1-11(2)13(14(16)17-4)10-15(3)9-8-12-6-5-7-12/h11-13H,5-10H2,1-4H3. The molecule has 1 fully saturated rings. The molecule has 0 aromatic heterocycles. The first-order valence-electron chi connectivity index (χ1n) is 6.81. The molecular weight excluding hydrogens is 214 g/mol. The Hall–Kier alpha value is -0.570. The molecule has 3 nitrogen and oxygen atoms in total. The number of methoxy groups -OCH3 is 1. The van der Waals surface area contributed by atoms with Gasteiger partial charge in [-0.25, -0.2) is 0 Å². The summed E-state index contributed by atoms with van der Waals surface area (Å²) >= 11 is 0. The number of carbonyl (C=O) groups is 1. The first kappa shape index (κ1) is 14.5. The van der Waals surface area contributed by atoms with Crippen LogP contribution in [-0.2, 0) is 9.53 Å². The number of carbonyl (C=O) groups excluding carboxylic acids is 1. The summed E-state index contributed by atoms with van der Waals surface area (Å²) < 4.78 is 4.87. The van der Waals surface area contributed by atoms with Gasteiger partial charge < -0.3 is 9.64 Å². The normalized spacial score (nSPS) is 18.2. The minimum atomic E-state index is -0.0736. The van der Waals surface area contributed by atoms with Crippen molar-refractivity contribution in [3.8, 4) is 0 Å². The molecule has 3 heteroatoms. The van der Waals surface area contributed by atoms with Gasteiger partial charge >= 0.3 is 5.97 Å². The molecule has 17 heavy (non-hydrogen) atoms. The Balaban J connectivity index is 2.29. The van der Waals surface area contributed by atoms with Crippen molar-refractivity contribution in [3.63, 3.8) is 0 Å². The maximum Gasteiger partial charge on any atom is 0.310 e. The van der Waals surface area contributed by atoms with Gasteiger partial charge in [0, 0.05) is 6.54 Å². The van der Waals surface area contributed by atoms with Crippen molar-refractivity contribution in [2.24, 2.45) is 17.8 Å². The molecule has 1 aliphatic carbocycles. The molecule has 0 aromatic rings. The summed E-state index contributed by atoms with van der Waals surface area (Å²) in [6.45, 7) is 6.09. The van der Waals surface area contributed by atoms with Gasteiger partial charge in [-0.15, -0.1) is 0 Å². The highest BCUT2D eigenvalue weighted by Crippen LogP contribution is 2.29. The fourth-order valence-electron chi connectivity index (χ4n) is 2.32. The van der Waals surface area contributed by atoms with Crippen LogP contribution in [0.2, 0.25) is 0 Å². The molecule has 0 N–H and O–H groups in total. The van der Waals surface area contributed by atoms with Crippen LogP contribution in [0.5, 0.6) is 0 Å². The summed E-state index contributed by atoms with van der Waals surface area (Å²) in [7, 11) is 3.59. The summed E-state index contributed by atoms with van der Waals surface area (Å²) in [5.41, 5.74) is 0. The lowest BCUT2D eigenvalue weighted by Crippen LogP contribution is -2.35. The quantitative estimate of drug-likeness (QED) is 0.642. The average molecular weight is 241 g/mol. The van der Waals surface area contributed by atoms with Gasteiger partial charge in [0.25, 0.3) is 0 Å². The van der Waals surface area contributed by atoms with E-state index in [1.165, 1.54) is 32.8 Å². The molecular formula is C14H27NO2. The second-order valence-corrected chi connectivity index (χ2v) is 5.72. The number of rotatable bonds is 7. The topological polar surface area (TPSA) is 29.5 Å². The third kappa shape index (κ3) is 4.66. The third-order valence-electron chi connectivity index (χ3n) is 3.96. The molecule has 1 atom stereocenters. The van der Waals surface area contributed by atoms with Crippen LogP contribution in [0.1, 0.15) is 39.5 Å². The lowest BCUT2D eigenvalue weighted by atomic mass is 9.83. The fourth-order valence-corrected chi connectivity index (χ4v) is 2.32. The maximum atomic E-state index is 11.6. The van der Waals surface area contributed by atoms with Crippen molar-refractivity contribution in [2.45, 2.75) is 39.5 Å². The number of hydrogen-bond donors (Lipinski definition) is 0. The van der Waals surface area contributed by atoms with E-state index < -0.39 is 0 Å². The van der Waals surface area contributed by atoms with E-state index in [0.717, 1.165) is 19.0 Å². The molecule has 0 heterocycles. The van der Waals surface area contributed by atoms with Gasteiger partial charge in [-0.3, -0.25) is 4.79 Å². The zero-order valence-corrected chi connectivity index (χ0v) is 11.7. The number of esters is 1. The molecule has 0 bridgehead atoms. The van der Waals surface area contributed by atoms with Crippen LogP contribution >= 0.6 is 0 Å². The average Bonchev–Trinajstić information content (AvgIpc) is 2.22. The van der Waals surface area contributed by atoms with Crippen LogP contribution in [-0.4, -0.2) is 38.1 Å². The van der Waals surface area contributed by atoms with E-state index in [0.29, 0.717) is 5.92 Å². The third-order valence-corrected chi connectivity index (χ3v) is 3.96. The lowest BCUT2D eigenvalue weighted by Gasteiger charge is -2.29. The lowest BCUT2D eigenvalue weighted by molar-refractivity contribution is -0.147. The zero-order chi connectivity index (χ0) is 12.8. The summed E-state index contributed by atoms with van der Waals surface area (Å²) in [5.74, 6) is 1.21. The first-order valence-corrected chi connectivity index (χ1v) is 6.81. The van der Waals surface area contributed by atoms with Crippen molar-refractivity contribution in [1.82, 2.24) is 4.90 Å². The van der Waals surface area contributed by atoms with Gasteiger partial charge in [-0.2, -0.15) is 0 Å². The van der Waals surface area contributed by atoms with Crippen LogP contribution in [0.15, 0.2) is 0 Å². The van der Waals surface area contributed by atoms with Crippen LogP contribution in [0, 0.1) is 17.8 Å². The smallest absolute Gasteiger partial charge is 0.310 e. The molecule has 0 saturated heterocycles. The van der Waals surface area contributed by atoms with Crippen LogP contribution in [0.3, 0.4) is 0 Å². The Labute approximate surface area is 106 Å². The minimum Gasteiger partial charge on any atom is -0.469 e. The van der Waals surface area contributed by atoms with Gasteiger partial charge in [0.05, 0.1) is 13.0 Å². The summed E-state index contributed by atoms with van der Waals surface area (Å²) in [4.78, 5) is 13.9. The van der Waals surface area contributed by atoms with E-state index in [1.807, 2.05) is 0 Å². The van der Waals surface area contributed by atoms with E-state index in [1.54, 1.807) is 0 Å². The van der Waals surface area contributed by atoms with Crippen molar-refractivity contribution in [3.05, 3.63) is 0 Å². The number of ether oxygens (including phenoxy) is 1. The van der Waals surface area contributed by atoms with Gasteiger partial charge in [0.2, 0.25) is 0 Å². The largest absolute Gasteiger partial charge is 0.469 e. The van der Waals surface area contributed by atoms with E-state index in [2.05, 4.69) is 25.8 Å². The number of hydrogen-bond acceptors (Lipinski definition) is 3. The van der Waals surface area contributed by atoms with Crippen molar-refractivity contribution in [1.29, 1.82) is 0 Å². The van der Waals surface area contributed by atoms with Crippen LogP contribution in [0.25, 0.3) is 0 Å². The molecule has 100 valence electrons. The van der Waals surface area contributed by atoms with Crippen molar-refractivity contribution in [2.75, 3.05) is 27.2 Å². The molecule has 1 unspecified atom stereocenters. The van der Waals surface area contributed by atoms with E-state index in [-0.39, 0.29) is 11.9 Å². The first-order chi connectivity index (χ1) is 8.04. The maximum absolute atomic E-state index is 11.6. The molecule has 0 spiro atoms. The molecule has 0 amide bonds. The van der Waals surface area contributed by atoms with Crippen LogP contribution < -0.4 is 0 Å². The minimum absolute atomic E-state index is 0.00592. The van der Waals surface area contributed by atoms with Crippen LogP contribution in [0.4, 0.5) is 0 Å². The predicted molar refractivity (Wildman–Crippen MR) is 69.8 cm³/mol. The van der Waals surface area contributed by atoms with Gasteiger partial charge in [-0.1, -0.05) is 33.1 Å². The fraction of sp³-hybridized carbons (Fsp3) is 0.929. The highest BCUT2D eigenvalue weighted by atomic mass is 16.5. The molecule has 1 saturated carbocycles. The van der Waals surface area contributed by atoms with E-state index in [9.17, 15) is 4.79 Å². The van der Waals surface area contributed by atoms with E-state index >= 15 is 0 Å². The number of nitrogens with zero attached hydrogens (tertiary/aromatic N) is 1.